The lowest BCUT2D eigenvalue weighted by Crippen LogP contribution is -2.58. The summed E-state index contributed by atoms with van der Waals surface area (Å²) in [4.78, 5) is 37.1. The molecule has 2 aliphatic rings. The highest BCUT2D eigenvalue weighted by atomic mass is 16.6. The van der Waals surface area contributed by atoms with Gasteiger partial charge in [-0.2, -0.15) is 0 Å². The van der Waals surface area contributed by atoms with Crippen LogP contribution in [0.25, 0.3) is 0 Å². The van der Waals surface area contributed by atoms with Crippen LogP contribution in [0.1, 0.15) is 38.1 Å². The molecule has 1 fully saturated rings. The molecule has 0 aromatic heterocycles. The van der Waals surface area contributed by atoms with Crippen molar-refractivity contribution in [2.24, 2.45) is 5.92 Å². The summed E-state index contributed by atoms with van der Waals surface area (Å²) in [5.41, 5.74) is 0.727. The fourth-order valence-corrected chi connectivity index (χ4v) is 3.09. The first-order valence-electron chi connectivity index (χ1n) is 8.24. The zero-order chi connectivity index (χ0) is 18.4. The lowest BCUT2D eigenvalue weighted by molar-refractivity contribution is -0.251. The van der Waals surface area contributed by atoms with Gasteiger partial charge < -0.3 is 9.47 Å². The van der Waals surface area contributed by atoms with E-state index >= 15 is 0 Å². The SMILES string of the molecule is CC1=CC(=O)N(c2ccc(C(=O)OCC3(C)OC(C)C3C)cc2)C1=O. The summed E-state index contributed by atoms with van der Waals surface area (Å²) in [5.74, 6) is -0.878. The van der Waals surface area contributed by atoms with Gasteiger partial charge >= 0.3 is 5.97 Å². The highest BCUT2D eigenvalue weighted by Gasteiger charge is 2.48. The molecule has 0 radical (unpaired) electrons. The minimum atomic E-state index is -0.462. The Balaban J connectivity index is 1.64. The third-order valence-corrected chi connectivity index (χ3v) is 5.07. The topological polar surface area (TPSA) is 72.9 Å². The van der Waals surface area contributed by atoms with E-state index in [1.165, 1.54) is 6.08 Å². The number of anilines is 1. The normalized spacial score (nSPS) is 28.6. The molecule has 6 heteroatoms. The number of hydrogen-bond acceptors (Lipinski definition) is 5. The fourth-order valence-electron chi connectivity index (χ4n) is 3.09. The van der Waals surface area contributed by atoms with Crippen LogP contribution < -0.4 is 4.90 Å². The van der Waals surface area contributed by atoms with Crippen molar-refractivity contribution in [3.05, 3.63) is 41.5 Å². The van der Waals surface area contributed by atoms with Gasteiger partial charge in [0.2, 0.25) is 0 Å². The molecule has 1 saturated heterocycles. The second kappa shape index (κ2) is 6.11. The van der Waals surface area contributed by atoms with Crippen molar-refractivity contribution >= 4 is 23.5 Å². The zero-order valence-electron chi connectivity index (χ0n) is 14.7. The standard InChI is InChI=1S/C19H21NO5/c1-11-9-16(21)20(17(11)22)15-7-5-14(6-8-15)18(23)24-10-19(4)12(2)13(3)25-19/h5-9,12-13H,10H2,1-4H3. The minimum Gasteiger partial charge on any atom is -0.459 e. The molecule has 2 amide bonds. The number of rotatable bonds is 4. The Kier molecular flexibility index (Phi) is 4.24. The molecule has 0 N–H and O–H groups in total. The van der Waals surface area contributed by atoms with E-state index in [1.807, 2.05) is 13.8 Å². The number of amides is 2. The fraction of sp³-hybridized carbons (Fsp3) is 0.421. The van der Waals surface area contributed by atoms with Gasteiger partial charge in [0.1, 0.15) is 12.2 Å². The Morgan fingerprint density at radius 2 is 1.88 bits per heavy atom. The molecule has 1 aromatic rings. The maximum atomic E-state index is 12.2. The summed E-state index contributed by atoms with van der Waals surface area (Å²) in [6.45, 7) is 7.76. The monoisotopic (exact) mass is 343 g/mol. The lowest BCUT2D eigenvalue weighted by atomic mass is 9.81. The molecule has 0 saturated carbocycles. The molecule has 132 valence electrons. The van der Waals surface area contributed by atoms with E-state index in [4.69, 9.17) is 9.47 Å². The van der Waals surface area contributed by atoms with Gasteiger partial charge in [0.15, 0.2) is 0 Å². The van der Waals surface area contributed by atoms with Crippen molar-refractivity contribution in [1.82, 2.24) is 0 Å². The average molecular weight is 343 g/mol. The van der Waals surface area contributed by atoms with Crippen LogP contribution in [0.3, 0.4) is 0 Å². The van der Waals surface area contributed by atoms with Crippen LogP contribution in [0.2, 0.25) is 0 Å². The van der Waals surface area contributed by atoms with Crippen molar-refractivity contribution in [2.45, 2.75) is 39.4 Å². The number of carbonyl (C=O) groups excluding carboxylic acids is 3. The van der Waals surface area contributed by atoms with Crippen LogP contribution in [0.4, 0.5) is 5.69 Å². The first-order valence-corrected chi connectivity index (χ1v) is 8.24. The number of carbonyl (C=O) groups is 3. The van der Waals surface area contributed by atoms with E-state index in [-0.39, 0.29) is 24.5 Å². The van der Waals surface area contributed by atoms with Crippen molar-refractivity contribution in [3.8, 4) is 0 Å². The Hall–Kier alpha value is -2.47. The van der Waals surface area contributed by atoms with Gasteiger partial charge in [0, 0.05) is 17.6 Å². The summed E-state index contributed by atoms with van der Waals surface area (Å²) in [7, 11) is 0. The number of esters is 1. The molecular weight excluding hydrogens is 322 g/mol. The Bertz CT molecular complexity index is 767. The summed E-state index contributed by atoms with van der Waals surface area (Å²) >= 11 is 0. The summed E-state index contributed by atoms with van der Waals surface area (Å²) in [6.07, 6.45) is 1.46. The molecular formula is C19H21NO5. The predicted molar refractivity (Wildman–Crippen MR) is 91.1 cm³/mol. The van der Waals surface area contributed by atoms with Crippen molar-refractivity contribution in [3.63, 3.8) is 0 Å². The second-order valence-corrected chi connectivity index (χ2v) is 6.85. The van der Waals surface area contributed by atoms with E-state index in [1.54, 1.807) is 31.2 Å². The molecule has 3 unspecified atom stereocenters. The highest BCUT2D eigenvalue weighted by Crippen LogP contribution is 2.38. The van der Waals surface area contributed by atoms with E-state index in [0.29, 0.717) is 22.7 Å². The van der Waals surface area contributed by atoms with Gasteiger partial charge in [-0.3, -0.25) is 9.59 Å². The average Bonchev–Trinajstić information content (AvgIpc) is 2.85. The molecule has 3 rings (SSSR count). The van der Waals surface area contributed by atoms with Gasteiger partial charge in [-0.25, -0.2) is 9.69 Å². The summed E-state index contributed by atoms with van der Waals surface area (Å²) < 4.78 is 11.0. The molecule has 0 spiro atoms. The first kappa shape index (κ1) is 17.4. The molecule has 0 bridgehead atoms. The third kappa shape index (κ3) is 2.98. The molecule has 2 heterocycles. The largest absolute Gasteiger partial charge is 0.459 e. The Labute approximate surface area is 146 Å². The molecule has 3 atom stereocenters. The first-order chi connectivity index (χ1) is 11.7. The van der Waals surface area contributed by atoms with E-state index < -0.39 is 11.6 Å². The van der Waals surface area contributed by atoms with Gasteiger partial charge in [0.05, 0.1) is 17.4 Å². The Morgan fingerprint density at radius 1 is 1.24 bits per heavy atom. The van der Waals surface area contributed by atoms with Gasteiger partial charge in [-0.15, -0.1) is 0 Å². The van der Waals surface area contributed by atoms with E-state index in [9.17, 15) is 14.4 Å². The van der Waals surface area contributed by atoms with Crippen LogP contribution >= 0.6 is 0 Å². The van der Waals surface area contributed by atoms with Gasteiger partial charge in [-0.05, 0) is 45.0 Å². The maximum absolute atomic E-state index is 12.2. The van der Waals surface area contributed by atoms with Crippen molar-refractivity contribution < 1.29 is 23.9 Å². The van der Waals surface area contributed by atoms with Crippen LogP contribution in [0, 0.1) is 5.92 Å². The van der Waals surface area contributed by atoms with E-state index in [2.05, 4.69) is 6.92 Å². The maximum Gasteiger partial charge on any atom is 0.338 e. The van der Waals surface area contributed by atoms with E-state index in [0.717, 1.165) is 4.90 Å². The molecule has 25 heavy (non-hydrogen) atoms. The lowest BCUT2D eigenvalue weighted by Gasteiger charge is -2.49. The quantitative estimate of drug-likeness (QED) is 0.620. The Morgan fingerprint density at radius 3 is 2.36 bits per heavy atom. The molecule has 1 aromatic carbocycles. The minimum absolute atomic E-state index is 0.163. The van der Waals surface area contributed by atoms with Gasteiger partial charge in [-0.1, -0.05) is 6.92 Å². The summed E-state index contributed by atoms with van der Waals surface area (Å²) in [5, 5.41) is 0. The number of ether oxygens (including phenoxy) is 2. The van der Waals surface area contributed by atoms with Gasteiger partial charge in [0.25, 0.3) is 11.8 Å². The second-order valence-electron chi connectivity index (χ2n) is 6.85. The zero-order valence-corrected chi connectivity index (χ0v) is 14.7. The van der Waals surface area contributed by atoms with Crippen LogP contribution in [0.15, 0.2) is 35.9 Å². The number of benzene rings is 1. The van der Waals surface area contributed by atoms with Crippen molar-refractivity contribution in [2.75, 3.05) is 11.5 Å². The van der Waals surface area contributed by atoms with Crippen molar-refractivity contribution in [1.29, 1.82) is 0 Å². The number of nitrogens with zero attached hydrogens (tertiary/aromatic N) is 1. The predicted octanol–water partition coefficient (Wildman–Crippen LogP) is 2.48. The smallest absolute Gasteiger partial charge is 0.338 e. The van der Waals surface area contributed by atoms with Crippen LogP contribution in [-0.2, 0) is 19.1 Å². The third-order valence-electron chi connectivity index (χ3n) is 5.07. The molecule has 6 nitrogen and oxygen atoms in total. The molecule has 0 aliphatic carbocycles. The number of hydrogen-bond donors (Lipinski definition) is 0. The van der Waals surface area contributed by atoms with Crippen LogP contribution in [-0.4, -0.2) is 36.1 Å². The molecule has 2 aliphatic heterocycles. The number of imide groups is 1. The highest BCUT2D eigenvalue weighted by molar-refractivity contribution is 6.30. The summed E-state index contributed by atoms with van der Waals surface area (Å²) in [6, 6.07) is 6.21. The van der Waals surface area contributed by atoms with Crippen LogP contribution in [0.5, 0.6) is 0 Å².